The molecule has 0 aliphatic carbocycles. The molecule has 154 valence electrons. The Morgan fingerprint density at radius 1 is 1.03 bits per heavy atom. The number of carbonyl (C=O) groups is 1. The van der Waals surface area contributed by atoms with Crippen LogP contribution < -0.4 is 19.6 Å². The minimum absolute atomic E-state index is 0.159. The second-order valence-corrected chi connectivity index (χ2v) is 6.80. The van der Waals surface area contributed by atoms with Crippen molar-refractivity contribution < 1.29 is 19.0 Å². The number of nitrogens with one attached hydrogen (secondary N) is 1. The van der Waals surface area contributed by atoms with Gasteiger partial charge in [-0.15, -0.1) is 0 Å². The van der Waals surface area contributed by atoms with Crippen molar-refractivity contribution in [3.05, 3.63) is 77.9 Å². The first-order valence-electron chi connectivity index (χ1n) is 9.59. The molecule has 0 radical (unpaired) electrons. The van der Waals surface area contributed by atoms with Crippen molar-refractivity contribution in [1.29, 1.82) is 5.26 Å². The highest BCUT2D eigenvalue weighted by Crippen LogP contribution is 2.32. The van der Waals surface area contributed by atoms with Gasteiger partial charge in [0.05, 0.1) is 17.3 Å². The number of fused-ring (bicyclic) bond motifs is 1. The quantitative estimate of drug-likeness (QED) is 0.489. The molecule has 1 amide bonds. The normalized spacial score (nSPS) is 12.2. The second kappa shape index (κ2) is 9.01. The summed E-state index contributed by atoms with van der Waals surface area (Å²) >= 11 is 0. The van der Waals surface area contributed by atoms with E-state index in [9.17, 15) is 4.79 Å². The average Bonchev–Trinajstić information content (AvgIpc) is 3.29. The van der Waals surface area contributed by atoms with Crippen molar-refractivity contribution in [2.45, 2.75) is 6.92 Å². The molecule has 0 spiro atoms. The van der Waals surface area contributed by atoms with Crippen molar-refractivity contribution in [2.24, 2.45) is 5.10 Å². The summed E-state index contributed by atoms with van der Waals surface area (Å²) in [5.74, 6) is 1.56. The summed E-state index contributed by atoms with van der Waals surface area (Å²) in [6, 6.07) is 22.3. The maximum atomic E-state index is 12.1. The molecule has 0 saturated heterocycles. The van der Waals surface area contributed by atoms with Crippen molar-refractivity contribution in [2.75, 3.05) is 13.4 Å². The van der Waals surface area contributed by atoms with E-state index < -0.39 is 0 Å². The molecule has 0 fully saturated rings. The summed E-state index contributed by atoms with van der Waals surface area (Å²) in [7, 11) is 0. The van der Waals surface area contributed by atoms with E-state index in [0.29, 0.717) is 28.5 Å². The summed E-state index contributed by atoms with van der Waals surface area (Å²) in [6.07, 6.45) is 0. The number of hydrazone groups is 1. The van der Waals surface area contributed by atoms with Gasteiger partial charge < -0.3 is 14.2 Å². The maximum Gasteiger partial charge on any atom is 0.277 e. The van der Waals surface area contributed by atoms with Gasteiger partial charge in [-0.05, 0) is 60.5 Å². The fourth-order valence-corrected chi connectivity index (χ4v) is 2.99. The van der Waals surface area contributed by atoms with Crippen LogP contribution in [0.2, 0.25) is 0 Å². The Kier molecular flexibility index (Phi) is 5.81. The predicted octanol–water partition coefficient (Wildman–Crippen LogP) is 3.87. The second-order valence-electron chi connectivity index (χ2n) is 6.80. The maximum absolute atomic E-state index is 12.1. The summed E-state index contributed by atoms with van der Waals surface area (Å²) in [6.45, 7) is 1.84. The largest absolute Gasteiger partial charge is 0.484 e. The third kappa shape index (κ3) is 4.82. The predicted molar refractivity (Wildman–Crippen MR) is 115 cm³/mol. The van der Waals surface area contributed by atoms with Gasteiger partial charge in [-0.1, -0.05) is 24.3 Å². The highest BCUT2D eigenvalue weighted by Gasteiger charge is 2.14. The average molecular weight is 413 g/mol. The number of nitriles is 1. The van der Waals surface area contributed by atoms with Crippen LogP contribution in [0.15, 0.2) is 71.8 Å². The number of hydrogen-bond donors (Lipinski definition) is 1. The van der Waals surface area contributed by atoms with E-state index in [1.54, 1.807) is 31.2 Å². The molecule has 1 heterocycles. The number of nitrogens with zero attached hydrogens (tertiary/aromatic N) is 2. The highest BCUT2D eigenvalue weighted by molar-refractivity contribution is 5.99. The summed E-state index contributed by atoms with van der Waals surface area (Å²) in [5, 5.41) is 13.0. The molecule has 1 aliphatic rings. The molecule has 3 aromatic rings. The lowest BCUT2D eigenvalue weighted by Gasteiger charge is -2.07. The molecule has 1 aliphatic heterocycles. The van der Waals surface area contributed by atoms with Gasteiger partial charge in [0.2, 0.25) is 6.79 Å². The van der Waals surface area contributed by atoms with Crippen LogP contribution in [0.3, 0.4) is 0 Å². The monoisotopic (exact) mass is 413 g/mol. The molecule has 0 aromatic heterocycles. The fourth-order valence-electron chi connectivity index (χ4n) is 2.99. The van der Waals surface area contributed by atoms with Crippen LogP contribution in [0.5, 0.6) is 17.2 Å². The lowest BCUT2D eigenvalue weighted by atomic mass is 10.0. The van der Waals surface area contributed by atoms with Gasteiger partial charge in [-0.25, -0.2) is 5.43 Å². The van der Waals surface area contributed by atoms with Gasteiger partial charge in [0, 0.05) is 5.56 Å². The molecule has 0 unspecified atom stereocenters. The minimum atomic E-state index is -0.365. The molecule has 3 aromatic carbocycles. The van der Waals surface area contributed by atoms with Crippen LogP contribution in [0.1, 0.15) is 18.1 Å². The number of benzene rings is 3. The zero-order chi connectivity index (χ0) is 21.6. The molecule has 4 rings (SSSR count). The van der Waals surface area contributed by atoms with E-state index >= 15 is 0 Å². The van der Waals surface area contributed by atoms with Gasteiger partial charge in [0.1, 0.15) is 5.75 Å². The van der Waals surface area contributed by atoms with E-state index in [1.165, 1.54) is 0 Å². The Morgan fingerprint density at radius 3 is 2.42 bits per heavy atom. The molecular formula is C24H19N3O4. The van der Waals surface area contributed by atoms with Crippen LogP contribution in [-0.2, 0) is 4.79 Å². The van der Waals surface area contributed by atoms with Crippen molar-refractivity contribution in [3.8, 4) is 34.4 Å². The number of ether oxygens (including phenoxy) is 3. The molecule has 31 heavy (non-hydrogen) atoms. The van der Waals surface area contributed by atoms with Crippen LogP contribution in [0, 0.1) is 11.3 Å². The van der Waals surface area contributed by atoms with E-state index in [0.717, 1.165) is 16.7 Å². The van der Waals surface area contributed by atoms with E-state index in [2.05, 4.69) is 16.6 Å². The van der Waals surface area contributed by atoms with Crippen molar-refractivity contribution in [3.63, 3.8) is 0 Å². The number of amides is 1. The molecule has 7 heteroatoms. The van der Waals surface area contributed by atoms with Crippen LogP contribution >= 0.6 is 0 Å². The Hall–Kier alpha value is -4.31. The van der Waals surface area contributed by atoms with Gasteiger partial charge in [-0.3, -0.25) is 4.79 Å². The molecule has 0 atom stereocenters. The first-order valence-corrected chi connectivity index (χ1v) is 9.59. The molecule has 0 bridgehead atoms. The standard InChI is InChI=1S/C24H19N3O4/c1-16(20-8-11-22-23(12-20)31-15-30-22)26-27-24(28)14-29-21-9-6-19(7-10-21)18-4-2-17(13-25)3-5-18/h2-12H,14-15H2,1H3,(H,27,28)/b26-16+. The van der Waals surface area contributed by atoms with E-state index in [1.807, 2.05) is 42.5 Å². The summed E-state index contributed by atoms with van der Waals surface area (Å²) < 4.78 is 16.2. The number of rotatable bonds is 6. The molecule has 1 N–H and O–H groups in total. The Morgan fingerprint density at radius 2 is 1.71 bits per heavy atom. The SMILES string of the molecule is C/C(=N\NC(=O)COc1ccc(-c2ccc(C#N)cc2)cc1)c1ccc2c(c1)OCO2. The molecule has 7 nitrogen and oxygen atoms in total. The smallest absolute Gasteiger partial charge is 0.277 e. The van der Waals surface area contributed by atoms with E-state index in [-0.39, 0.29) is 19.3 Å². The first kappa shape index (κ1) is 20.0. The topological polar surface area (TPSA) is 92.9 Å². The zero-order valence-corrected chi connectivity index (χ0v) is 16.8. The first-order chi connectivity index (χ1) is 15.1. The summed E-state index contributed by atoms with van der Waals surface area (Å²) in [5.41, 5.74) is 6.56. The minimum Gasteiger partial charge on any atom is -0.484 e. The Balaban J connectivity index is 1.30. The van der Waals surface area contributed by atoms with Gasteiger partial charge in [0.25, 0.3) is 5.91 Å². The Labute approximate surface area is 179 Å². The van der Waals surface area contributed by atoms with Crippen molar-refractivity contribution in [1.82, 2.24) is 5.43 Å². The van der Waals surface area contributed by atoms with Crippen molar-refractivity contribution >= 4 is 11.6 Å². The lowest BCUT2D eigenvalue weighted by Crippen LogP contribution is -2.25. The van der Waals surface area contributed by atoms with Gasteiger partial charge >= 0.3 is 0 Å². The van der Waals surface area contributed by atoms with Gasteiger partial charge in [-0.2, -0.15) is 10.4 Å². The summed E-state index contributed by atoms with van der Waals surface area (Å²) in [4.78, 5) is 12.1. The fraction of sp³-hybridized carbons (Fsp3) is 0.125. The highest BCUT2D eigenvalue weighted by atomic mass is 16.7. The van der Waals surface area contributed by atoms with E-state index in [4.69, 9.17) is 19.5 Å². The lowest BCUT2D eigenvalue weighted by molar-refractivity contribution is -0.123. The molecular weight excluding hydrogens is 394 g/mol. The van der Waals surface area contributed by atoms with Crippen LogP contribution in [-0.4, -0.2) is 25.0 Å². The van der Waals surface area contributed by atoms with Crippen LogP contribution in [0.25, 0.3) is 11.1 Å². The number of hydrogen-bond acceptors (Lipinski definition) is 6. The third-order valence-corrected chi connectivity index (χ3v) is 4.71. The van der Waals surface area contributed by atoms with Gasteiger partial charge in [0.15, 0.2) is 18.1 Å². The third-order valence-electron chi connectivity index (χ3n) is 4.71. The van der Waals surface area contributed by atoms with Crippen LogP contribution in [0.4, 0.5) is 0 Å². The number of carbonyl (C=O) groups excluding carboxylic acids is 1. The Bertz CT molecular complexity index is 1160. The molecule has 0 saturated carbocycles. The zero-order valence-electron chi connectivity index (χ0n) is 16.8.